The van der Waals surface area contributed by atoms with Crippen LogP contribution >= 0.6 is 0 Å². The molecule has 2 nitrogen and oxygen atoms in total. The molecule has 16 heavy (non-hydrogen) atoms. The molecule has 2 rings (SSSR count). The fourth-order valence-electron chi connectivity index (χ4n) is 2.22. The lowest BCUT2D eigenvalue weighted by molar-refractivity contribution is 0.319. The lowest BCUT2D eigenvalue weighted by Crippen LogP contribution is -2.36. The fraction of sp³-hybridized carbons (Fsp3) is 0.429. The van der Waals surface area contributed by atoms with Crippen LogP contribution in [0.1, 0.15) is 25.8 Å². The van der Waals surface area contributed by atoms with Crippen molar-refractivity contribution in [1.29, 1.82) is 0 Å². The zero-order valence-corrected chi connectivity index (χ0v) is 10.4. The number of aryl methyl sites for hydroxylation is 1. The van der Waals surface area contributed by atoms with Gasteiger partial charge in [-0.15, -0.1) is 0 Å². The number of hydrogen-bond acceptors (Lipinski definition) is 2. The van der Waals surface area contributed by atoms with Crippen LogP contribution in [-0.2, 0) is 0 Å². The number of benzene rings is 1. The zero-order chi connectivity index (χ0) is 11.5. The maximum absolute atomic E-state index is 2.38. The topological polar surface area (TPSA) is 6.48 Å². The second-order valence-electron chi connectivity index (χ2n) is 4.36. The lowest BCUT2D eigenvalue weighted by atomic mass is 10.2. The van der Waals surface area contributed by atoms with Crippen molar-refractivity contribution < 1.29 is 0 Å². The molecule has 0 saturated carbocycles. The van der Waals surface area contributed by atoms with Gasteiger partial charge in [0.1, 0.15) is 6.17 Å². The predicted molar refractivity (Wildman–Crippen MR) is 69.3 cm³/mol. The highest BCUT2D eigenvalue weighted by molar-refractivity contribution is 5.56. The van der Waals surface area contributed by atoms with Crippen LogP contribution < -0.4 is 4.90 Å². The van der Waals surface area contributed by atoms with Gasteiger partial charge in [-0.2, -0.15) is 0 Å². The van der Waals surface area contributed by atoms with Gasteiger partial charge in [-0.25, -0.2) is 0 Å². The molecule has 0 fully saturated rings. The molecule has 86 valence electrons. The van der Waals surface area contributed by atoms with Crippen LogP contribution in [0.15, 0.2) is 36.7 Å². The molecule has 1 aliphatic heterocycles. The summed E-state index contributed by atoms with van der Waals surface area (Å²) in [5.41, 5.74) is 2.64. The minimum absolute atomic E-state index is 0.432. The molecular weight excluding hydrogens is 196 g/mol. The summed E-state index contributed by atoms with van der Waals surface area (Å²) < 4.78 is 0. The first kappa shape index (κ1) is 11.1. The van der Waals surface area contributed by atoms with Gasteiger partial charge in [0.05, 0.1) is 0 Å². The van der Waals surface area contributed by atoms with Crippen molar-refractivity contribution in [1.82, 2.24) is 4.90 Å². The summed E-state index contributed by atoms with van der Waals surface area (Å²) in [7, 11) is 0. The molecule has 1 atom stereocenters. The van der Waals surface area contributed by atoms with E-state index in [0.717, 1.165) is 6.54 Å². The molecule has 0 radical (unpaired) electrons. The molecule has 0 amide bonds. The van der Waals surface area contributed by atoms with E-state index >= 15 is 0 Å². The van der Waals surface area contributed by atoms with Gasteiger partial charge < -0.3 is 9.80 Å². The summed E-state index contributed by atoms with van der Waals surface area (Å²) in [4.78, 5) is 4.72. The number of anilines is 1. The van der Waals surface area contributed by atoms with Crippen LogP contribution in [-0.4, -0.2) is 17.6 Å². The second-order valence-corrected chi connectivity index (χ2v) is 4.36. The standard InChI is InChI=1S/C14H20N2/c1-4-9-15-10-11-16(13(15)3)14-8-6-5-7-12(14)2/h5-8,10-11,13H,4,9H2,1-3H3. The third-order valence-electron chi connectivity index (χ3n) is 3.18. The Balaban J connectivity index is 2.19. The summed E-state index contributed by atoms with van der Waals surface area (Å²) in [6, 6.07) is 8.54. The van der Waals surface area contributed by atoms with Gasteiger partial charge >= 0.3 is 0 Å². The van der Waals surface area contributed by atoms with Crippen molar-refractivity contribution in [2.75, 3.05) is 11.4 Å². The van der Waals surface area contributed by atoms with Crippen LogP contribution in [0.5, 0.6) is 0 Å². The average Bonchev–Trinajstić information content (AvgIpc) is 2.62. The van der Waals surface area contributed by atoms with Gasteiger partial charge in [0.15, 0.2) is 0 Å². The molecule has 1 aromatic rings. The van der Waals surface area contributed by atoms with Crippen molar-refractivity contribution in [3.05, 3.63) is 42.2 Å². The number of rotatable bonds is 3. The molecule has 0 aromatic heterocycles. The molecule has 2 heteroatoms. The first-order chi connectivity index (χ1) is 7.74. The summed E-state index contributed by atoms with van der Waals surface area (Å²) in [5, 5.41) is 0. The maximum atomic E-state index is 2.38. The normalized spacial score (nSPS) is 19.6. The minimum Gasteiger partial charge on any atom is -0.356 e. The molecule has 1 aromatic carbocycles. The Labute approximate surface area is 98.2 Å². The van der Waals surface area contributed by atoms with Crippen molar-refractivity contribution in [3.63, 3.8) is 0 Å². The van der Waals surface area contributed by atoms with E-state index in [1.165, 1.54) is 17.7 Å². The van der Waals surface area contributed by atoms with Crippen LogP contribution in [0.25, 0.3) is 0 Å². The molecule has 0 N–H and O–H groups in total. The zero-order valence-electron chi connectivity index (χ0n) is 10.4. The molecule has 0 spiro atoms. The number of hydrogen-bond donors (Lipinski definition) is 0. The van der Waals surface area contributed by atoms with E-state index in [2.05, 4.69) is 67.2 Å². The Morgan fingerprint density at radius 3 is 2.62 bits per heavy atom. The molecule has 1 aliphatic rings. The van der Waals surface area contributed by atoms with Gasteiger partial charge in [-0.1, -0.05) is 25.1 Å². The van der Waals surface area contributed by atoms with E-state index in [1.54, 1.807) is 0 Å². The van der Waals surface area contributed by atoms with E-state index < -0.39 is 0 Å². The summed E-state index contributed by atoms with van der Waals surface area (Å²) in [6.07, 6.45) is 6.00. The second kappa shape index (κ2) is 4.60. The van der Waals surface area contributed by atoms with Crippen LogP contribution in [0.2, 0.25) is 0 Å². The van der Waals surface area contributed by atoms with Crippen molar-refractivity contribution >= 4 is 5.69 Å². The quantitative estimate of drug-likeness (QED) is 0.764. The monoisotopic (exact) mass is 216 g/mol. The highest BCUT2D eigenvalue weighted by Gasteiger charge is 2.22. The first-order valence-corrected chi connectivity index (χ1v) is 6.02. The maximum Gasteiger partial charge on any atom is 0.102 e. The number of para-hydroxylation sites is 1. The Kier molecular flexibility index (Phi) is 3.18. The van der Waals surface area contributed by atoms with Gasteiger partial charge in [-0.05, 0) is 31.9 Å². The van der Waals surface area contributed by atoms with Gasteiger partial charge in [-0.3, -0.25) is 0 Å². The average molecular weight is 216 g/mol. The SMILES string of the molecule is CCCN1C=CN(c2ccccc2C)C1C. The molecular formula is C14H20N2. The Morgan fingerprint density at radius 2 is 1.94 bits per heavy atom. The third-order valence-corrected chi connectivity index (χ3v) is 3.18. The first-order valence-electron chi connectivity index (χ1n) is 6.02. The third kappa shape index (κ3) is 1.92. The predicted octanol–water partition coefficient (Wildman–Crippen LogP) is 3.34. The molecule has 0 aliphatic carbocycles. The molecule has 0 bridgehead atoms. The van der Waals surface area contributed by atoms with Crippen LogP contribution in [0.3, 0.4) is 0 Å². The number of nitrogens with zero attached hydrogens (tertiary/aromatic N) is 2. The van der Waals surface area contributed by atoms with E-state index in [0.29, 0.717) is 6.17 Å². The van der Waals surface area contributed by atoms with Crippen molar-refractivity contribution in [2.24, 2.45) is 0 Å². The molecule has 1 heterocycles. The van der Waals surface area contributed by atoms with E-state index in [9.17, 15) is 0 Å². The highest BCUT2D eigenvalue weighted by Crippen LogP contribution is 2.27. The summed E-state index contributed by atoms with van der Waals surface area (Å²) in [5.74, 6) is 0. The van der Waals surface area contributed by atoms with Gasteiger partial charge in [0, 0.05) is 24.6 Å². The summed E-state index contributed by atoms with van der Waals surface area (Å²) >= 11 is 0. The smallest absolute Gasteiger partial charge is 0.102 e. The van der Waals surface area contributed by atoms with E-state index in [4.69, 9.17) is 0 Å². The van der Waals surface area contributed by atoms with Gasteiger partial charge in [0.25, 0.3) is 0 Å². The highest BCUT2D eigenvalue weighted by atomic mass is 15.4. The van der Waals surface area contributed by atoms with E-state index in [-0.39, 0.29) is 0 Å². The minimum atomic E-state index is 0.432. The lowest BCUT2D eigenvalue weighted by Gasteiger charge is -2.30. The Hall–Kier alpha value is -1.44. The summed E-state index contributed by atoms with van der Waals surface area (Å²) in [6.45, 7) is 7.76. The molecule has 1 unspecified atom stereocenters. The fourth-order valence-corrected chi connectivity index (χ4v) is 2.22. The largest absolute Gasteiger partial charge is 0.356 e. The van der Waals surface area contributed by atoms with Crippen LogP contribution in [0.4, 0.5) is 5.69 Å². The van der Waals surface area contributed by atoms with Gasteiger partial charge in [0.2, 0.25) is 0 Å². The van der Waals surface area contributed by atoms with Crippen molar-refractivity contribution in [3.8, 4) is 0 Å². The van der Waals surface area contributed by atoms with Crippen LogP contribution in [0, 0.1) is 6.92 Å². The molecule has 0 saturated heterocycles. The van der Waals surface area contributed by atoms with E-state index in [1.807, 2.05) is 0 Å². The van der Waals surface area contributed by atoms with Crippen molar-refractivity contribution in [2.45, 2.75) is 33.4 Å². The Morgan fingerprint density at radius 1 is 1.19 bits per heavy atom. The Bertz CT molecular complexity index is 384.